The van der Waals surface area contributed by atoms with Crippen LogP contribution in [0.4, 0.5) is 11.5 Å². The van der Waals surface area contributed by atoms with Crippen LogP contribution in [0, 0.1) is 6.92 Å². The minimum absolute atomic E-state index is 0.0968. The summed E-state index contributed by atoms with van der Waals surface area (Å²) in [6.45, 7) is 1.68. The first kappa shape index (κ1) is 24.6. The molecule has 6 nitrogen and oxygen atoms in total. The van der Waals surface area contributed by atoms with Gasteiger partial charge in [0.15, 0.2) is 5.82 Å². The zero-order valence-electron chi connectivity index (χ0n) is 18.6. The summed E-state index contributed by atoms with van der Waals surface area (Å²) in [5.74, 6) is 0.633. The molecule has 0 radical (unpaired) electrons. The number of benzene rings is 3. The van der Waals surface area contributed by atoms with E-state index in [9.17, 15) is 8.42 Å². The summed E-state index contributed by atoms with van der Waals surface area (Å²) >= 11 is 12.2. The maximum Gasteiger partial charge on any atom is 0.263 e. The monoisotopic (exact) mass is 525 g/mol. The molecule has 1 heterocycles. The van der Waals surface area contributed by atoms with Crippen molar-refractivity contribution in [3.63, 3.8) is 0 Å². The molecule has 0 saturated carbocycles. The summed E-state index contributed by atoms with van der Waals surface area (Å²) in [6, 6.07) is 22.9. The molecule has 1 aromatic heterocycles. The van der Waals surface area contributed by atoms with Gasteiger partial charge < -0.3 is 9.42 Å². The number of nitrogens with one attached hydrogen (secondary N) is 1. The first-order valence-electron chi connectivity index (χ1n) is 10.5. The van der Waals surface area contributed by atoms with E-state index in [1.165, 1.54) is 18.2 Å². The third-order valence-electron chi connectivity index (χ3n) is 4.86. The lowest BCUT2D eigenvalue weighted by Crippen LogP contribution is -2.13. The van der Waals surface area contributed by atoms with E-state index < -0.39 is 10.0 Å². The van der Waals surface area contributed by atoms with E-state index >= 15 is 0 Å². The maximum absolute atomic E-state index is 12.7. The van der Waals surface area contributed by atoms with Crippen LogP contribution in [-0.2, 0) is 10.0 Å². The average molecular weight is 526 g/mol. The van der Waals surface area contributed by atoms with Gasteiger partial charge in [0, 0.05) is 34.2 Å². The second kappa shape index (κ2) is 10.8. The van der Waals surface area contributed by atoms with Gasteiger partial charge in [0.25, 0.3) is 10.0 Å². The van der Waals surface area contributed by atoms with Crippen molar-refractivity contribution < 1.29 is 12.9 Å². The normalized spacial score (nSPS) is 11.9. The summed E-state index contributed by atoms with van der Waals surface area (Å²) < 4.78 is 32.8. The van der Waals surface area contributed by atoms with Crippen LogP contribution in [0.3, 0.4) is 0 Å². The summed E-state index contributed by atoms with van der Waals surface area (Å²) in [7, 11) is -3.82. The number of aryl methyl sites for hydroxylation is 1. The molecule has 0 saturated heterocycles. The lowest BCUT2D eigenvalue weighted by Gasteiger charge is -2.17. The Morgan fingerprint density at radius 2 is 1.43 bits per heavy atom. The van der Waals surface area contributed by atoms with Crippen molar-refractivity contribution in [1.82, 2.24) is 5.16 Å². The molecule has 0 unspecified atom stereocenters. The highest BCUT2D eigenvalue weighted by molar-refractivity contribution is 7.92. The van der Waals surface area contributed by atoms with Gasteiger partial charge in [-0.3, -0.25) is 4.72 Å². The second-order valence-electron chi connectivity index (χ2n) is 7.57. The van der Waals surface area contributed by atoms with Gasteiger partial charge in [0.2, 0.25) is 0 Å². The number of rotatable bonds is 8. The minimum Gasteiger partial charge on any atom is -0.360 e. The fourth-order valence-electron chi connectivity index (χ4n) is 3.18. The highest BCUT2D eigenvalue weighted by atomic mass is 35.5. The van der Waals surface area contributed by atoms with Gasteiger partial charge in [-0.15, -0.1) is 0 Å². The Morgan fingerprint density at radius 1 is 0.857 bits per heavy atom. The first-order valence-corrected chi connectivity index (χ1v) is 12.7. The summed E-state index contributed by atoms with van der Waals surface area (Å²) in [5, 5.41) is 4.95. The molecule has 0 aliphatic heterocycles. The standard InChI is InChI=1S/C26H21Cl2N3O3S/c1-19-16-26(29-34-19)30-35(32,33)25-10-8-24(9-11-25)31(14-12-20-4-2-6-22(27)17-20)15-13-21-5-3-7-23(28)18-21/h2-18H,1H3,(H,29,30)/b14-12+,15-13+. The largest absolute Gasteiger partial charge is 0.360 e. The highest BCUT2D eigenvalue weighted by Gasteiger charge is 2.16. The Morgan fingerprint density at radius 3 is 1.91 bits per heavy atom. The smallest absolute Gasteiger partial charge is 0.263 e. The van der Waals surface area contributed by atoms with Gasteiger partial charge in [-0.1, -0.05) is 52.6 Å². The van der Waals surface area contributed by atoms with E-state index in [1.807, 2.05) is 78.0 Å². The number of halogens is 2. The highest BCUT2D eigenvalue weighted by Crippen LogP contribution is 2.23. The maximum atomic E-state index is 12.7. The fourth-order valence-corrected chi connectivity index (χ4v) is 4.56. The molecule has 0 atom stereocenters. The van der Waals surface area contributed by atoms with Gasteiger partial charge in [-0.2, -0.15) is 0 Å². The fraction of sp³-hybridized carbons (Fsp3) is 0.0385. The predicted octanol–water partition coefficient (Wildman–Crippen LogP) is 7.24. The molecule has 0 bridgehead atoms. The number of hydrogen-bond acceptors (Lipinski definition) is 5. The van der Waals surface area contributed by atoms with Crippen LogP contribution in [0.25, 0.3) is 12.2 Å². The van der Waals surface area contributed by atoms with Crippen molar-refractivity contribution in [3.8, 4) is 0 Å². The van der Waals surface area contributed by atoms with E-state index in [2.05, 4.69) is 9.88 Å². The van der Waals surface area contributed by atoms with Crippen molar-refractivity contribution in [3.05, 3.63) is 118 Å². The SMILES string of the molecule is Cc1cc(NS(=O)(=O)c2ccc(N(/C=C/c3cccc(Cl)c3)/C=C/c3cccc(Cl)c3)cc2)no1. The quantitative estimate of drug-likeness (QED) is 0.262. The molecule has 178 valence electrons. The van der Waals surface area contributed by atoms with Crippen molar-refractivity contribution >= 4 is 56.9 Å². The summed E-state index contributed by atoms with van der Waals surface area (Å²) in [4.78, 5) is 1.96. The van der Waals surface area contributed by atoms with Crippen LogP contribution in [-0.4, -0.2) is 13.6 Å². The molecule has 0 amide bonds. The number of sulfonamides is 1. The molecule has 0 aliphatic rings. The number of nitrogens with zero attached hydrogens (tertiary/aromatic N) is 2. The zero-order chi connectivity index (χ0) is 24.8. The van der Waals surface area contributed by atoms with E-state index in [0.29, 0.717) is 15.8 Å². The molecule has 9 heteroatoms. The van der Waals surface area contributed by atoms with Crippen LogP contribution in [0.1, 0.15) is 16.9 Å². The molecule has 1 N–H and O–H groups in total. The Hall–Kier alpha value is -3.52. The number of anilines is 2. The van der Waals surface area contributed by atoms with Gasteiger partial charge >= 0.3 is 0 Å². The van der Waals surface area contributed by atoms with Crippen LogP contribution < -0.4 is 9.62 Å². The van der Waals surface area contributed by atoms with E-state index in [4.69, 9.17) is 27.7 Å². The van der Waals surface area contributed by atoms with Crippen molar-refractivity contribution in [2.45, 2.75) is 11.8 Å². The minimum atomic E-state index is -3.82. The summed E-state index contributed by atoms with van der Waals surface area (Å²) in [5.41, 5.74) is 2.59. The zero-order valence-corrected chi connectivity index (χ0v) is 20.9. The molecule has 3 aromatic carbocycles. The number of aromatic nitrogens is 1. The van der Waals surface area contributed by atoms with E-state index in [1.54, 1.807) is 19.1 Å². The molecule has 35 heavy (non-hydrogen) atoms. The topological polar surface area (TPSA) is 75.4 Å². The Kier molecular flexibility index (Phi) is 7.60. The van der Waals surface area contributed by atoms with Crippen molar-refractivity contribution in [2.75, 3.05) is 9.62 Å². The van der Waals surface area contributed by atoms with Crippen LogP contribution in [0.15, 0.2) is 101 Å². The number of hydrogen-bond donors (Lipinski definition) is 1. The molecular formula is C26H21Cl2N3O3S. The Labute approximate surface area is 214 Å². The molecule has 4 rings (SSSR count). The third-order valence-corrected chi connectivity index (χ3v) is 6.71. The van der Waals surface area contributed by atoms with Crippen molar-refractivity contribution in [2.24, 2.45) is 0 Å². The third kappa shape index (κ3) is 6.76. The average Bonchev–Trinajstić information content (AvgIpc) is 3.23. The Balaban J connectivity index is 1.61. The van der Waals surface area contributed by atoms with Crippen LogP contribution >= 0.6 is 23.2 Å². The first-order chi connectivity index (χ1) is 16.8. The van der Waals surface area contributed by atoms with Crippen LogP contribution in [0.2, 0.25) is 10.0 Å². The lowest BCUT2D eigenvalue weighted by atomic mass is 10.2. The van der Waals surface area contributed by atoms with Gasteiger partial charge in [0.1, 0.15) is 5.76 Å². The van der Waals surface area contributed by atoms with Gasteiger partial charge in [-0.25, -0.2) is 8.42 Å². The molecular weight excluding hydrogens is 505 g/mol. The lowest BCUT2D eigenvalue weighted by molar-refractivity contribution is 0.400. The van der Waals surface area contributed by atoms with Crippen molar-refractivity contribution in [1.29, 1.82) is 0 Å². The molecule has 0 fully saturated rings. The van der Waals surface area contributed by atoms with E-state index in [-0.39, 0.29) is 10.7 Å². The summed E-state index contributed by atoms with van der Waals surface area (Å²) in [6.07, 6.45) is 7.56. The van der Waals surface area contributed by atoms with Crippen LogP contribution in [0.5, 0.6) is 0 Å². The van der Waals surface area contributed by atoms with E-state index in [0.717, 1.165) is 16.8 Å². The molecule has 0 spiro atoms. The van der Waals surface area contributed by atoms with Gasteiger partial charge in [0.05, 0.1) is 4.90 Å². The molecule has 4 aromatic rings. The second-order valence-corrected chi connectivity index (χ2v) is 10.1. The predicted molar refractivity (Wildman–Crippen MR) is 142 cm³/mol. The molecule has 0 aliphatic carbocycles. The Bertz CT molecular complexity index is 1420. The van der Waals surface area contributed by atoms with Gasteiger partial charge in [-0.05, 0) is 78.7 Å².